The first-order valence-corrected chi connectivity index (χ1v) is 5.29. The highest BCUT2D eigenvalue weighted by atomic mass is 16.5. The largest absolute Gasteiger partial charge is 0.461 e. The average molecular weight is 229 g/mol. The van der Waals surface area contributed by atoms with E-state index >= 15 is 0 Å². The second-order valence-electron chi connectivity index (χ2n) is 4.16. The van der Waals surface area contributed by atoms with Gasteiger partial charge in [0.2, 0.25) is 0 Å². The van der Waals surface area contributed by atoms with E-state index in [9.17, 15) is 9.59 Å². The molecule has 0 heterocycles. The second kappa shape index (κ2) is 9.09. The van der Waals surface area contributed by atoms with Gasteiger partial charge in [-0.05, 0) is 13.3 Å². The standard InChI is InChI=1S/C6H11NO2.C6H12O/c1-5(2)6(8)9-4-3-7;1-4-6(2,3)5-7/h1,3-4,7H2,2H3;5H,4H2,1-3H3. The van der Waals surface area contributed by atoms with Gasteiger partial charge in [-0.15, -0.1) is 0 Å². The van der Waals surface area contributed by atoms with Gasteiger partial charge in [0, 0.05) is 17.5 Å². The molecule has 0 aromatic carbocycles. The molecule has 0 aliphatic heterocycles. The lowest BCUT2D eigenvalue weighted by atomic mass is 9.93. The van der Waals surface area contributed by atoms with Gasteiger partial charge >= 0.3 is 5.97 Å². The number of aldehydes is 1. The minimum absolute atomic E-state index is 0.0972. The van der Waals surface area contributed by atoms with Gasteiger partial charge in [0.15, 0.2) is 0 Å². The fraction of sp³-hybridized carbons (Fsp3) is 0.667. The highest BCUT2D eigenvalue weighted by Crippen LogP contribution is 2.14. The second-order valence-corrected chi connectivity index (χ2v) is 4.16. The van der Waals surface area contributed by atoms with E-state index in [0.717, 1.165) is 12.7 Å². The Hall–Kier alpha value is -1.16. The molecule has 0 aliphatic carbocycles. The number of hydrogen-bond donors (Lipinski definition) is 1. The van der Waals surface area contributed by atoms with Gasteiger partial charge in [-0.1, -0.05) is 27.4 Å². The summed E-state index contributed by atoms with van der Waals surface area (Å²) in [6.07, 6.45) is 1.92. The third-order valence-electron chi connectivity index (χ3n) is 1.93. The van der Waals surface area contributed by atoms with E-state index in [1.54, 1.807) is 6.92 Å². The van der Waals surface area contributed by atoms with Gasteiger partial charge in [0.25, 0.3) is 0 Å². The molecule has 0 aromatic heterocycles. The topological polar surface area (TPSA) is 69.4 Å². The van der Waals surface area contributed by atoms with E-state index in [1.165, 1.54) is 0 Å². The van der Waals surface area contributed by atoms with Crippen LogP contribution in [0.15, 0.2) is 12.2 Å². The zero-order chi connectivity index (χ0) is 13.2. The van der Waals surface area contributed by atoms with E-state index < -0.39 is 0 Å². The van der Waals surface area contributed by atoms with Crippen LogP contribution in [0, 0.1) is 5.41 Å². The van der Waals surface area contributed by atoms with Crippen molar-refractivity contribution < 1.29 is 14.3 Å². The Morgan fingerprint density at radius 2 is 2.00 bits per heavy atom. The van der Waals surface area contributed by atoms with Crippen LogP contribution in [0.3, 0.4) is 0 Å². The molecule has 0 unspecified atom stereocenters. The average Bonchev–Trinajstić information content (AvgIpc) is 2.26. The number of rotatable bonds is 5. The van der Waals surface area contributed by atoms with E-state index in [0.29, 0.717) is 12.1 Å². The molecule has 0 bridgehead atoms. The Bertz CT molecular complexity index is 234. The molecule has 94 valence electrons. The molecule has 2 N–H and O–H groups in total. The number of nitrogens with two attached hydrogens (primary N) is 1. The van der Waals surface area contributed by atoms with Gasteiger partial charge in [0.05, 0.1) is 0 Å². The molecule has 0 spiro atoms. The molecule has 0 fully saturated rings. The molecule has 0 radical (unpaired) electrons. The van der Waals surface area contributed by atoms with Crippen LogP contribution in [0.1, 0.15) is 34.1 Å². The lowest BCUT2D eigenvalue weighted by Crippen LogP contribution is -2.13. The summed E-state index contributed by atoms with van der Waals surface area (Å²) in [5.41, 5.74) is 5.38. The minimum Gasteiger partial charge on any atom is -0.461 e. The smallest absolute Gasteiger partial charge is 0.333 e. The zero-order valence-electron chi connectivity index (χ0n) is 10.7. The minimum atomic E-state index is -0.375. The lowest BCUT2D eigenvalue weighted by Gasteiger charge is -2.10. The van der Waals surface area contributed by atoms with Gasteiger partial charge in [-0.3, -0.25) is 0 Å². The molecule has 0 saturated heterocycles. The summed E-state index contributed by atoms with van der Waals surface area (Å²) in [5, 5.41) is 0. The predicted molar refractivity (Wildman–Crippen MR) is 65.0 cm³/mol. The first-order chi connectivity index (χ1) is 7.30. The third-order valence-corrected chi connectivity index (χ3v) is 1.93. The van der Waals surface area contributed by atoms with Gasteiger partial charge in [-0.2, -0.15) is 0 Å². The summed E-state index contributed by atoms with van der Waals surface area (Å²) in [6, 6.07) is 0. The number of carbonyl (C=O) groups is 2. The Morgan fingerprint density at radius 1 is 1.50 bits per heavy atom. The Balaban J connectivity index is 0. The first-order valence-electron chi connectivity index (χ1n) is 5.29. The van der Waals surface area contributed by atoms with Gasteiger partial charge in [-0.25, -0.2) is 4.79 Å². The molecule has 4 nitrogen and oxygen atoms in total. The van der Waals surface area contributed by atoms with Crippen LogP contribution in [0.5, 0.6) is 0 Å². The molecular formula is C12H23NO3. The lowest BCUT2D eigenvalue weighted by molar-refractivity contribution is -0.138. The van der Waals surface area contributed by atoms with Gasteiger partial charge in [0.1, 0.15) is 12.9 Å². The molecular weight excluding hydrogens is 206 g/mol. The fourth-order valence-electron chi connectivity index (χ4n) is 0.358. The van der Waals surface area contributed by atoms with Crippen molar-refractivity contribution in [2.45, 2.75) is 34.1 Å². The van der Waals surface area contributed by atoms with Crippen molar-refractivity contribution in [2.24, 2.45) is 11.1 Å². The molecule has 0 atom stereocenters. The Labute approximate surface area is 97.8 Å². The van der Waals surface area contributed by atoms with E-state index in [2.05, 4.69) is 11.3 Å². The molecule has 16 heavy (non-hydrogen) atoms. The van der Waals surface area contributed by atoms with Crippen LogP contribution in [0.2, 0.25) is 0 Å². The predicted octanol–water partition coefficient (Wildman–Crippen LogP) is 1.69. The van der Waals surface area contributed by atoms with Crippen LogP contribution < -0.4 is 5.73 Å². The molecule has 0 amide bonds. The number of carbonyl (C=O) groups excluding carboxylic acids is 2. The monoisotopic (exact) mass is 229 g/mol. The summed E-state index contributed by atoms with van der Waals surface area (Å²) >= 11 is 0. The maximum atomic E-state index is 10.5. The first kappa shape index (κ1) is 17.2. The summed E-state index contributed by atoms with van der Waals surface area (Å²) in [7, 11) is 0. The fourth-order valence-corrected chi connectivity index (χ4v) is 0.358. The molecule has 0 saturated carbocycles. The molecule has 0 rings (SSSR count). The van der Waals surface area contributed by atoms with Crippen molar-refractivity contribution in [2.75, 3.05) is 13.2 Å². The summed E-state index contributed by atoms with van der Waals surface area (Å²) in [6.45, 7) is 11.5. The number of hydrogen-bond acceptors (Lipinski definition) is 4. The Kier molecular flexibility index (Phi) is 9.80. The van der Waals surface area contributed by atoms with Crippen LogP contribution in [-0.4, -0.2) is 25.4 Å². The molecule has 0 aliphatic rings. The number of esters is 1. The maximum absolute atomic E-state index is 10.5. The zero-order valence-corrected chi connectivity index (χ0v) is 10.7. The number of ether oxygens (including phenoxy) is 1. The summed E-state index contributed by atoms with van der Waals surface area (Å²) < 4.78 is 4.59. The molecule has 0 aromatic rings. The van der Waals surface area contributed by atoms with Crippen molar-refractivity contribution >= 4 is 12.3 Å². The Morgan fingerprint density at radius 3 is 2.19 bits per heavy atom. The van der Waals surface area contributed by atoms with E-state index in [1.807, 2.05) is 20.8 Å². The van der Waals surface area contributed by atoms with Crippen molar-refractivity contribution in [1.82, 2.24) is 0 Å². The van der Waals surface area contributed by atoms with Crippen molar-refractivity contribution in [3.63, 3.8) is 0 Å². The normalized spacial score (nSPS) is 9.81. The van der Waals surface area contributed by atoms with Crippen LogP contribution in [0.4, 0.5) is 0 Å². The van der Waals surface area contributed by atoms with Crippen LogP contribution in [0.25, 0.3) is 0 Å². The highest BCUT2D eigenvalue weighted by Gasteiger charge is 2.11. The van der Waals surface area contributed by atoms with Crippen molar-refractivity contribution in [3.05, 3.63) is 12.2 Å². The third kappa shape index (κ3) is 10.9. The quantitative estimate of drug-likeness (QED) is 0.442. The van der Waals surface area contributed by atoms with Crippen LogP contribution in [-0.2, 0) is 14.3 Å². The van der Waals surface area contributed by atoms with E-state index in [-0.39, 0.29) is 18.0 Å². The highest BCUT2D eigenvalue weighted by molar-refractivity contribution is 5.86. The van der Waals surface area contributed by atoms with Crippen molar-refractivity contribution in [1.29, 1.82) is 0 Å². The SMILES string of the molecule is C=C(C)C(=O)OCCN.CCC(C)(C)C=O. The maximum Gasteiger partial charge on any atom is 0.333 e. The van der Waals surface area contributed by atoms with Gasteiger partial charge < -0.3 is 15.3 Å². The van der Waals surface area contributed by atoms with Crippen molar-refractivity contribution in [3.8, 4) is 0 Å². The summed E-state index contributed by atoms with van der Waals surface area (Å²) in [5.74, 6) is -0.375. The van der Waals surface area contributed by atoms with E-state index in [4.69, 9.17) is 5.73 Å². The molecule has 4 heteroatoms. The van der Waals surface area contributed by atoms with Crippen LogP contribution >= 0.6 is 0 Å². The summed E-state index contributed by atoms with van der Waals surface area (Å²) in [4.78, 5) is 20.6.